The van der Waals surface area contributed by atoms with Gasteiger partial charge in [0.25, 0.3) is 5.91 Å². The highest BCUT2D eigenvalue weighted by Crippen LogP contribution is 2.46. The van der Waals surface area contributed by atoms with Crippen molar-refractivity contribution in [1.29, 1.82) is 0 Å². The summed E-state index contributed by atoms with van der Waals surface area (Å²) >= 11 is 5.27. The molecule has 2 atom stereocenters. The molecule has 1 aliphatic heterocycles. The van der Waals surface area contributed by atoms with Gasteiger partial charge in [-0.15, -0.1) is 11.3 Å². The summed E-state index contributed by atoms with van der Waals surface area (Å²) in [4.78, 5) is 14.3. The van der Waals surface area contributed by atoms with Crippen LogP contribution in [0.25, 0.3) is 0 Å². The van der Waals surface area contributed by atoms with Gasteiger partial charge in [0.2, 0.25) is 0 Å². The Hall–Kier alpha value is -1.53. The maximum atomic E-state index is 13.0. The molecule has 4 rings (SSSR count). The summed E-state index contributed by atoms with van der Waals surface area (Å²) in [7, 11) is 1.65. The molecule has 0 bridgehead atoms. The van der Waals surface area contributed by atoms with Gasteiger partial charge in [-0.3, -0.25) is 4.79 Å². The molecule has 6 heteroatoms. The van der Waals surface area contributed by atoms with E-state index in [0.717, 1.165) is 45.6 Å². The lowest BCUT2D eigenvalue weighted by Crippen LogP contribution is -2.38. The second-order valence-corrected chi connectivity index (χ2v) is 10.5. The third-order valence-corrected chi connectivity index (χ3v) is 7.45. The van der Waals surface area contributed by atoms with Gasteiger partial charge < -0.3 is 15.4 Å². The molecule has 2 aromatic rings. The van der Waals surface area contributed by atoms with Crippen molar-refractivity contribution in [3.05, 3.63) is 44.2 Å². The van der Waals surface area contributed by atoms with E-state index in [1.165, 1.54) is 10.4 Å². The predicted molar refractivity (Wildman–Crippen MR) is 114 cm³/mol. The Morgan fingerprint density at radius 3 is 2.74 bits per heavy atom. The largest absolute Gasteiger partial charge is 0.496 e. The fourth-order valence-electron chi connectivity index (χ4n) is 4.12. The SMILES string of the molecule is COc1ccc(Br)cc1C1NC(=O)c2c(sc3c2CCC(C(C)(C)C)C3)N1. The van der Waals surface area contributed by atoms with Gasteiger partial charge in [0.05, 0.1) is 12.7 Å². The number of methoxy groups -OCH3 is 1. The van der Waals surface area contributed by atoms with Crippen LogP contribution in [0.5, 0.6) is 5.75 Å². The average molecular weight is 449 g/mol. The van der Waals surface area contributed by atoms with Crippen LogP contribution in [0.3, 0.4) is 0 Å². The number of hydrogen-bond donors (Lipinski definition) is 2. The summed E-state index contributed by atoms with van der Waals surface area (Å²) in [5.41, 5.74) is 3.32. The van der Waals surface area contributed by atoms with Gasteiger partial charge in [-0.05, 0) is 54.4 Å². The highest BCUT2D eigenvalue weighted by molar-refractivity contribution is 9.10. The third kappa shape index (κ3) is 3.38. The molecule has 2 unspecified atom stereocenters. The lowest BCUT2D eigenvalue weighted by atomic mass is 9.72. The standard InChI is InChI=1S/C21H25BrN2O2S/c1-21(2,3)11-5-7-13-16(9-11)27-20-17(13)19(25)23-18(24-20)14-10-12(22)6-8-15(14)26-4/h6,8,10-11,18,24H,5,7,9H2,1-4H3,(H,23,25). The molecule has 1 aromatic heterocycles. The van der Waals surface area contributed by atoms with Crippen molar-refractivity contribution in [3.63, 3.8) is 0 Å². The molecule has 0 saturated carbocycles. The number of ether oxygens (including phenoxy) is 1. The molecular weight excluding hydrogens is 424 g/mol. The Kier molecular flexibility index (Phi) is 4.75. The number of carbonyl (C=O) groups is 1. The van der Waals surface area contributed by atoms with Gasteiger partial charge in [-0.25, -0.2) is 0 Å². The molecule has 0 radical (unpaired) electrons. The predicted octanol–water partition coefficient (Wildman–Crippen LogP) is 5.52. The summed E-state index contributed by atoms with van der Waals surface area (Å²) in [5.74, 6) is 1.44. The topological polar surface area (TPSA) is 50.4 Å². The molecule has 2 N–H and O–H groups in total. The van der Waals surface area contributed by atoms with Crippen LogP contribution in [0.2, 0.25) is 0 Å². The molecule has 2 aliphatic rings. The normalized spacial score (nSPS) is 21.7. The number of halogens is 1. The van der Waals surface area contributed by atoms with E-state index in [0.29, 0.717) is 11.3 Å². The second-order valence-electron chi connectivity index (χ2n) is 8.45. The Bertz CT molecular complexity index is 900. The number of hydrogen-bond acceptors (Lipinski definition) is 4. The molecule has 27 heavy (non-hydrogen) atoms. The molecule has 0 saturated heterocycles. The highest BCUT2D eigenvalue weighted by Gasteiger charge is 2.37. The number of anilines is 1. The van der Waals surface area contributed by atoms with Crippen LogP contribution in [-0.4, -0.2) is 13.0 Å². The molecule has 0 spiro atoms. The number of rotatable bonds is 2. The number of benzene rings is 1. The van der Waals surface area contributed by atoms with Crippen molar-refractivity contribution < 1.29 is 9.53 Å². The first kappa shape index (κ1) is 18.8. The zero-order valence-electron chi connectivity index (χ0n) is 16.1. The smallest absolute Gasteiger partial charge is 0.256 e. The first-order valence-electron chi connectivity index (χ1n) is 9.33. The van der Waals surface area contributed by atoms with Crippen molar-refractivity contribution in [2.45, 2.75) is 46.2 Å². The summed E-state index contributed by atoms with van der Waals surface area (Å²) in [5, 5.41) is 7.66. The maximum absolute atomic E-state index is 13.0. The van der Waals surface area contributed by atoms with Crippen molar-refractivity contribution >= 4 is 38.2 Å². The molecule has 1 aromatic carbocycles. The van der Waals surface area contributed by atoms with E-state index >= 15 is 0 Å². The quantitative estimate of drug-likeness (QED) is 0.635. The number of fused-ring (bicyclic) bond motifs is 3. The summed E-state index contributed by atoms with van der Waals surface area (Å²) in [6.07, 6.45) is 2.91. The van der Waals surface area contributed by atoms with Crippen LogP contribution in [0.4, 0.5) is 5.00 Å². The van der Waals surface area contributed by atoms with E-state index in [9.17, 15) is 4.79 Å². The van der Waals surface area contributed by atoms with Crippen molar-refractivity contribution in [2.24, 2.45) is 11.3 Å². The van der Waals surface area contributed by atoms with Gasteiger partial charge >= 0.3 is 0 Å². The number of thiophene rings is 1. The summed E-state index contributed by atoms with van der Waals surface area (Å²) < 4.78 is 6.46. The van der Waals surface area contributed by atoms with Gasteiger partial charge in [0.15, 0.2) is 0 Å². The van der Waals surface area contributed by atoms with Crippen LogP contribution in [0.15, 0.2) is 22.7 Å². The monoisotopic (exact) mass is 448 g/mol. The van der Waals surface area contributed by atoms with Crippen molar-refractivity contribution in [2.75, 3.05) is 12.4 Å². The first-order valence-corrected chi connectivity index (χ1v) is 10.9. The minimum atomic E-state index is -0.295. The molecule has 1 aliphatic carbocycles. The Labute approximate surface area is 172 Å². The highest BCUT2D eigenvalue weighted by atomic mass is 79.9. The van der Waals surface area contributed by atoms with E-state index in [2.05, 4.69) is 47.3 Å². The zero-order valence-corrected chi connectivity index (χ0v) is 18.5. The summed E-state index contributed by atoms with van der Waals surface area (Å²) in [6.45, 7) is 6.95. The fourth-order valence-corrected chi connectivity index (χ4v) is 5.86. The van der Waals surface area contributed by atoms with Gasteiger partial charge in [-0.2, -0.15) is 0 Å². The van der Waals surface area contributed by atoms with E-state index < -0.39 is 0 Å². The molecule has 144 valence electrons. The van der Waals surface area contributed by atoms with E-state index in [-0.39, 0.29) is 12.1 Å². The Balaban J connectivity index is 1.68. The van der Waals surface area contributed by atoms with Crippen LogP contribution >= 0.6 is 27.3 Å². The van der Waals surface area contributed by atoms with Gasteiger partial charge in [0.1, 0.15) is 16.9 Å². The van der Waals surface area contributed by atoms with Crippen LogP contribution in [-0.2, 0) is 12.8 Å². The molecule has 4 nitrogen and oxygen atoms in total. The minimum Gasteiger partial charge on any atom is -0.496 e. The third-order valence-electron chi connectivity index (χ3n) is 5.77. The van der Waals surface area contributed by atoms with E-state index in [1.807, 2.05) is 18.2 Å². The zero-order chi connectivity index (χ0) is 19.3. The van der Waals surface area contributed by atoms with Crippen molar-refractivity contribution in [1.82, 2.24) is 5.32 Å². The number of carbonyl (C=O) groups excluding carboxylic acids is 1. The Morgan fingerprint density at radius 1 is 1.26 bits per heavy atom. The molecule has 1 amide bonds. The number of nitrogens with one attached hydrogen (secondary N) is 2. The van der Waals surface area contributed by atoms with Crippen LogP contribution < -0.4 is 15.4 Å². The van der Waals surface area contributed by atoms with Crippen molar-refractivity contribution in [3.8, 4) is 5.75 Å². The summed E-state index contributed by atoms with van der Waals surface area (Å²) in [6, 6.07) is 5.84. The first-order chi connectivity index (χ1) is 12.8. The molecule has 2 heterocycles. The second kappa shape index (κ2) is 6.82. The Morgan fingerprint density at radius 2 is 2.04 bits per heavy atom. The molecule has 0 fully saturated rings. The van der Waals surface area contributed by atoms with Gasteiger partial charge in [-0.1, -0.05) is 36.7 Å². The number of amides is 1. The van der Waals surface area contributed by atoms with Crippen LogP contribution in [0, 0.1) is 11.3 Å². The van der Waals surface area contributed by atoms with Gasteiger partial charge in [0, 0.05) is 14.9 Å². The minimum absolute atomic E-state index is 0.0162. The maximum Gasteiger partial charge on any atom is 0.256 e. The molecular formula is C21H25BrN2O2S. The lowest BCUT2D eigenvalue weighted by molar-refractivity contribution is 0.0934. The lowest BCUT2D eigenvalue weighted by Gasteiger charge is -2.34. The average Bonchev–Trinajstić information content (AvgIpc) is 2.98. The van der Waals surface area contributed by atoms with Crippen LogP contribution in [0.1, 0.15) is 59.7 Å². The van der Waals surface area contributed by atoms with E-state index in [1.54, 1.807) is 18.4 Å². The van der Waals surface area contributed by atoms with E-state index in [4.69, 9.17) is 4.74 Å². The fraction of sp³-hybridized carbons (Fsp3) is 0.476.